The molecule has 29 heavy (non-hydrogen) atoms. The van der Waals surface area contributed by atoms with Crippen LogP contribution in [0.2, 0.25) is 0 Å². The molecule has 0 bridgehead atoms. The van der Waals surface area contributed by atoms with Crippen LogP contribution in [0.25, 0.3) is 33.5 Å². The van der Waals surface area contributed by atoms with Crippen LogP contribution >= 0.6 is 0 Å². The molecule has 6 nitrogen and oxygen atoms in total. The van der Waals surface area contributed by atoms with Crippen LogP contribution in [-0.2, 0) is 10.0 Å². The first kappa shape index (κ1) is 18.9. The van der Waals surface area contributed by atoms with Gasteiger partial charge in [-0.15, -0.1) is 0 Å². The van der Waals surface area contributed by atoms with E-state index in [9.17, 15) is 21.6 Å². The molecule has 0 saturated carbocycles. The molecule has 4 rings (SSSR count). The number of halogens is 3. The topological polar surface area (TPSA) is 87.7 Å². The number of hydrogen-bond acceptors (Lipinski definition) is 4. The zero-order valence-corrected chi connectivity index (χ0v) is 15.7. The molecule has 0 aliphatic rings. The smallest absolute Gasteiger partial charge is 0.229 e. The number of aromatic amines is 1. The third-order valence-corrected chi connectivity index (χ3v) is 4.78. The first-order valence-electron chi connectivity index (χ1n) is 8.28. The molecule has 10 heteroatoms. The molecule has 0 spiro atoms. The van der Waals surface area contributed by atoms with Crippen molar-refractivity contribution in [3.05, 3.63) is 66.2 Å². The molecule has 2 aromatic heterocycles. The Bertz CT molecular complexity index is 1340. The number of benzene rings is 2. The van der Waals surface area contributed by atoms with Gasteiger partial charge in [-0.3, -0.25) is 4.72 Å². The molecule has 0 radical (unpaired) electrons. The van der Waals surface area contributed by atoms with Crippen LogP contribution in [0.5, 0.6) is 0 Å². The highest BCUT2D eigenvalue weighted by Crippen LogP contribution is 2.33. The summed E-state index contributed by atoms with van der Waals surface area (Å²) in [5.41, 5.74) is 1.13. The van der Waals surface area contributed by atoms with Gasteiger partial charge in [0.2, 0.25) is 10.0 Å². The van der Waals surface area contributed by atoms with Crippen molar-refractivity contribution in [1.29, 1.82) is 0 Å². The second-order valence-corrected chi connectivity index (χ2v) is 8.11. The predicted octanol–water partition coefficient (Wildman–Crippen LogP) is 4.08. The number of nitrogens with one attached hydrogen (secondary N) is 2. The van der Waals surface area contributed by atoms with Crippen molar-refractivity contribution in [2.45, 2.75) is 0 Å². The van der Waals surface area contributed by atoms with Crippen molar-refractivity contribution in [2.24, 2.45) is 0 Å². The third kappa shape index (κ3) is 3.79. The lowest BCUT2D eigenvalue weighted by Crippen LogP contribution is -2.11. The summed E-state index contributed by atoms with van der Waals surface area (Å²) in [5, 5.41) is 0.425. The van der Waals surface area contributed by atoms with Crippen LogP contribution in [-0.4, -0.2) is 29.6 Å². The minimum Gasteiger partial charge on any atom is -0.339 e. The van der Waals surface area contributed by atoms with Crippen LogP contribution in [0, 0.1) is 17.5 Å². The predicted molar refractivity (Wildman–Crippen MR) is 103 cm³/mol. The number of nitrogens with zero attached hydrogens (tertiary/aromatic N) is 2. The van der Waals surface area contributed by atoms with E-state index in [1.807, 2.05) is 4.72 Å². The molecule has 2 N–H and O–H groups in total. The summed E-state index contributed by atoms with van der Waals surface area (Å²) >= 11 is 0. The van der Waals surface area contributed by atoms with E-state index >= 15 is 0 Å². The van der Waals surface area contributed by atoms with Gasteiger partial charge >= 0.3 is 0 Å². The fraction of sp³-hybridized carbons (Fsp3) is 0.0526. The Hall–Kier alpha value is -3.40. The van der Waals surface area contributed by atoms with Gasteiger partial charge in [-0.1, -0.05) is 0 Å². The largest absolute Gasteiger partial charge is 0.339 e. The molecule has 4 aromatic rings. The van der Waals surface area contributed by atoms with Crippen LogP contribution in [0.4, 0.5) is 18.9 Å². The number of fused-ring (bicyclic) bond motifs is 1. The zero-order valence-electron chi connectivity index (χ0n) is 14.9. The van der Waals surface area contributed by atoms with E-state index < -0.39 is 27.3 Å². The number of anilines is 1. The summed E-state index contributed by atoms with van der Waals surface area (Å²) in [6.07, 6.45) is 2.03. The van der Waals surface area contributed by atoms with Crippen molar-refractivity contribution in [2.75, 3.05) is 11.0 Å². The van der Waals surface area contributed by atoms with E-state index in [1.54, 1.807) is 18.2 Å². The Kier molecular flexibility index (Phi) is 4.50. The lowest BCUT2D eigenvalue weighted by molar-refractivity contribution is 0.598. The van der Waals surface area contributed by atoms with Crippen molar-refractivity contribution in [3.63, 3.8) is 0 Å². The first-order chi connectivity index (χ1) is 13.7. The van der Waals surface area contributed by atoms with E-state index in [-0.39, 0.29) is 17.1 Å². The molecular weight excluding hydrogens is 405 g/mol. The fourth-order valence-electron chi connectivity index (χ4n) is 2.95. The summed E-state index contributed by atoms with van der Waals surface area (Å²) in [6, 6.07) is 9.02. The standard InChI is InChI=1S/C19H13F3N4O2S/c1-29(27,28)26-17-8-14(21)12(6-15(17)22)18-13-7-16(25-19(13)24-9-23-18)10-2-4-11(20)5-3-10/h2-9,26H,1H3,(H,23,24,25). The fourth-order valence-corrected chi connectivity index (χ4v) is 3.50. The molecule has 0 aliphatic heterocycles. The lowest BCUT2D eigenvalue weighted by atomic mass is 10.1. The number of H-pyrrole nitrogens is 1. The SMILES string of the molecule is CS(=O)(=O)Nc1cc(F)c(-c2ncnc3[nH]c(-c4ccc(F)cc4)cc23)cc1F. The molecule has 2 aromatic carbocycles. The molecule has 0 saturated heterocycles. The average Bonchev–Trinajstić information content (AvgIpc) is 3.08. The minimum atomic E-state index is -3.77. The van der Waals surface area contributed by atoms with E-state index in [0.717, 1.165) is 18.4 Å². The Morgan fingerprint density at radius 1 is 0.966 bits per heavy atom. The van der Waals surface area contributed by atoms with E-state index in [1.165, 1.54) is 18.5 Å². The van der Waals surface area contributed by atoms with Crippen molar-refractivity contribution in [1.82, 2.24) is 15.0 Å². The van der Waals surface area contributed by atoms with Crippen LogP contribution in [0.1, 0.15) is 0 Å². The molecule has 0 atom stereocenters. The summed E-state index contributed by atoms with van der Waals surface area (Å²) < 4.78 is 66.7. The summed E-state index contributed by atoms with van der Waals surface area (Å²) in [4.78, 5) is 11.2. The molecule has 148 valence electrons. The summed E-state index contributed by atoms with van der Waals surface area (Å²) in [7, 11) is -3.77. The molecule has 0 amide bonds. The highest BCUT2D eigenvalue weighted by atomic mass is 32.2. The molecule has 0 fully saturated rings. The van der Waals surface area contributed by atoms with Gasteiger partial charge in [0.1, 0.15) is 29.4 Å². The molecule has 0 unspecified atom stereocenters. The van der Waals surface area contributed by atoms with Gasteiger partial charge in [-0.2, -0.15) is 0 Å². The summed E-state index contributed by atoms with van der Waals surface area (Å²) in [6.45, 7) is 0. The van der Waals surface area contributed by atoms with Gasteiger partial charge < -0.3 is 4.98 Å². The Morgan fingerprint density at radius 2 is 1.69 bits per heavy atom. The van der Waals surface area contributed by atoms with E-state index in [4.69, 9.17) is 0 Å². The zero-order chi connectivity index (χ0) is 20.8. The highest BCUT2D eigenvalue weighted by molar-refractivity contribution is 7.92. The van der Waals surface area contributed by atoms with Crippen molar-refractivity contribution >= 4 is 26.7 Å². The van der Waals surface area contributed by atoms with Gasteiger partial charge in [-0.05, 0) is 42.0 Å². The van der Waals surface area contributed by atoms with Crippen LogP contribution in [0.15, 0.2) is 48.8 Å². The second-order valence-electron chi connectivity index (χ2n) is 6.36. The van der Waals surface area contributed by atoms with Gasteiger partial charge in [0.15, 0.2) is 0 Å². The highest BCUT2D eigenvalue weighted by Gasteiger charge is 2.18. The average molecular weight is 418 g/mol. The van der Waals surface area contributed by atoms with Gasteiger partial charge in [0.25, 0.3) is 0 Å². The molecule has 2 heterocycles. The number of hydrogen-bond donors (Lipinski definition) is 2. The van der Waals surface area contributed by atoms with Crippen molar-refractivity contribution in [3.8, 4) is 22.5 Å². The number of sulfonamides is 1. The first-order valence-corrected chi connectivity index (χ1v) is 10.2. The van der Waals surface area contributed by atoms with Crippen LogP contribution < -0.4 is 4.72 Å². The Balaban J connectivity index is 1.84. The van der Waals surface area contributed by atoms with Gasteiger partial charge in [0.05, 0.1) is 17.6 Å². The normalized spacial score (nSPS) is 11.7. The van der Waals surface area contributed by atoms with Gasteiger partial charge in [0, 0.05) is 22.7 Å². The molecular formula is C19H13F3N4O2S. The van der Waals surface area contributed by atoms with E-state index in [2.05, 4.69) is 15.0 Å². The minimum absolute atomic E-state index is 0.127. The summed E-state index contributed by atoms with van der Waals surface area (Å²) in [5.74, 6) is -2.19. The molecule has 0 aliphatic carbocycles. The number of rotatable bonds is 4. The van der Waals surface area contributed by atoms with Crippen LogP contribution in [0.3, 0.4) is 0 Å². The third-order valence-electron chi connectivity index (χ3n) is 4.19. The monoisotopic (exact) mass is 418 g/mol. The van der Waals surface area contributed by atoms with E-state index in [0.29, 0.717) is 22.3 Å². The Labute approximate surface area is 163 Å². The van der Waals surface area contributed by atoms with Gasteiger partial charge in [-0.25, -0.2) is 31.6 Å². The maximum Gasteiger partial charge on any atom is 0.229 e. The maximum absolute atomic E-state index is 14.7. The Morgan fingerprint density at radius 3 is 2.38 bits per heavy atom. The maximum atomic E-state index is 14.7. The quantitative estimate of drug-likeness (QED) is 0.523. The lowest BCUT2D eigenvalue weighted by Gasteiger charge is -2.09. The second kappa shape index (κ2) is 6.89. The number of aromatic nitrogens is 3. The van der Waals surface area contributed by atoms with Crippen molar-refractivity contribution < 1.29 is 21.6 Å².